The molecule has 0 fully saturated rings. The highest BCUT2D eigenvalue weighted by atomic mass is 35.5. The lowest BCUT2D eigenvalue weighted by Gasteiger charge is -2.18. The van der Waals surface area contributed by atoms with Crippen molar-refractivity contribution < 1.29 is 0 Å². The van der Waals surface area contributed by atoms with Gasteiger partial charge in [0.05, 0.1) is 23.9 Å². The van der Waals surface area contributed by atoms with Crippen LogP contribution in [-0.4, -0.2) is 29.4 Å². The van der Waals surface area contributed by atoms with Crippen molar-refractivity contribution in [2.45, 2.75) is 32.7 Å². The molecule has 148 valence electrons. The van der Waals surface area contributed by atoms with Gasteiger partial charge in [0.1, 0.15) is 5.01 Å². The first kappa shape index (κ1) is 19.5. The third-order valence-electron chi connectivity index (χ3n) is 4.89. The predicted molar refractivity (Wildman–Crippen MR) is 119 cm³/mol. The van der Waals surface area contributed by atoms with Crippen molar-refractivity contribution in [2.75, 3.05) is 0 Å². The zero-order valence-electron chi connectivity index (χ0n) is 16.4. The third-order valence-corrected chi connectivity index (χ3v) is 5.84. The van der Waals surface area contributed by atoms with Crippen molar-refractivity contribution in [2.24, 2.45) is 0 Å². The molecule has 2 aromatic carbocycles. The molecule has 3 heterocycles. The lowest BCUT2D eigenvalue weighted by Crippen LogP contribution is -2.10. The number of para-hydroxylation sites is 2. The molecular weight excluding hydrogens is 404 g/mol. The molecule has 0 amide bonds. The lowest BCUT2D eigenvalue weighted by atomic mass is 9.87. The molecule has 6 nitrogen and oxygen atoms in total. The Morgan fingerprint density at radius 2 is 1.72 bits per heavy atom. The molecule has 0 aliphatic rings. The lowest BCUT2D eigenvalue weighted by molar-refractivity contribution is 0.590. The maximum Gasteiger partial charge on any atom is 0.235 e. The van der Waals surface area contributed by atoms with E-state index in [0.29, 0.717) is 6.54 Å². The molecule has 5 rings (SSSR count). The van der Waals surface area contributed by atoms with E-state index in [-0.39, 0.29) is 17.8 Å². The average Bonchev–Trinajstić information content (AvgIpc) is 3.37. The van der Waals surface area contributed by atoms with E-state index >= 15 is 0 Å². The van der Waals surface area contributed by atoms with Crippen molar-refractivity contribution in [3.63, 3.8) is 0 Å². The van der Waals surface area contributed by atoms with E-state index in [2.05, 4.69) is 70.9 Å². The molecule has 0 bridgehead atoms. The topological polar surface area (TPSA) is 60.9 Å². The van der Waals surface area contributed by atoms with Gasteiger partial charge in [0, 0.05) is 5.56 Å². The van der Waals surface area contributed by atoms with Gasteiger partial charge in [-0.15, -0.1) is 22.6 Å². The molecule has 0 saturated carbocycles. The molecule has 0 aliphatic carbocycles. The maximum absolute atomic E-state index is 4.77. The van der Waals surface area contributed by atoms with Gasteiger partial charge >= 0.3 is 0 Å². The Morgan fingerprint density at radius 3 is 2.48 bits per heavy atom. The number of fused-ring (bicyclic) bond motifs is 2. The Bertz CT molecular complexity index is 1280. The number of aromatic nitrogens is 6. The van der Waals surface area contributed by atoms with Crippen LogP contribution in [0.2, 0.25) is 0 Å². The number of hydrogen-bond acceptors (Lipinski definition) is 5. The van der Waals surface area contributed by atoms with Gasteiger partial charge < -0.3 is 4.57 Å². The minimum absolute atomic E-state index is 0. The number of imidazole rings is 1. The van der Waals surface area contributed by atoms with Crippen LogP contribution in [-0.2, 0) is 12.0 Å². The third kappa shape index (κ3) is 3.52. The Hall–Kier alpha value is -2.77. The summed E-state index contributed by atoms with van der Waals surface area (Å²) in [6.07, 6.45) is 1.84. The normalized spacial score (nSPS) is 11.8. The Labute approximate surface area is 178 Å². The molecule has 5 aromatic rings. The Morgan fingerprint density at radius 1 is 0.966 bits per heavy atom. The molecular formula is C21H21ClN6S. The standard InChI is InChI=1S/C21H20N6S.ClH/c1-21(2,3)15-10-8-14(9-11-15)19-25-27-18(23-24-20(27)28-19)12-26-13-22-16-6-4-5-7-17(16)26;/h4-11,13H,12H2,1-3H3;1H. The fraction of sp³-hybridized carbons (Fsp3) is 0.238. The highest BCUT2D eigenvalue weighted by Gasteiger charge is 2.16. The first-order valence-corrected chi connectivity index (χ1v) is 10.0. The zero-order valence-corrected chi connectivity index (χ0v) is 18.0. The second-order valence-electron chi connectivity index (χ2n) is 7.91. The molecule has 29 heavy (non-hydrogen) atoms. The van der Waals surface area contributed by atoms with Crippen LogP contribution in [0.15, 0.2) is 54.9 Å². The molecule has 0 atom stereocenters. The van der Waals surface area contributed by atoms with E-state index in [0.717, 1.165) is 32.4 Å². The van der Waals surface area contributed by atoms with Crippen LogP contribution >= 0.6 is 23.7 Å². The van der Waals surface area contributed by atoms with E-state index in [1.54, 1.807) is 11.3 Å². The fourth-order valence-electron chi connectivity index (χ4n) is 3.27. The smallest absolute Gasteiger partial charge is 0.235 e. The predicted octanol–water partition coefficient (Wildman–Crippen LogP) is 4.97. The Balaban J connectivity index is 0.00000205. The summed E-state index contributed by atoms with van der Waals surface area (Å²) in [5, 5.41) is 14.4. The molecule has 0 radical (unpaired) electrons. The summed E-state index contributed by atoms with van der Waals surface area (Å²) >= 11 is 1.55. The molecule has 8 heteroatoms. The summed E-state index contributed by atoms with van der Waals surface area (Å²) in [6.45, 7) is 7.24. The van der Waals surface area contributed by atoms with Gasteiger partial charge in [0.25, 0.3) is 0 Å². The van der Waals surface area contributed by atoms with Gasteiger partial charge in [-0.1, -0.05) is 68.5 Å². The summed E-state index contributed by atoms with van der Waals surface area (Å²) in [5.41, 5.74) is 4.60. The average molecular weight is 425 g/mol. The van der Waals surface area contributed by atoms with Gasteiger partial charge in [-0.3, -0.25) is 0 Å². The van der Waals surface area contributed by atoms with Crippen LogP contribution in [0.4, 0.5) is 0 Å². The van der Waals surface area contributed by atoms with Crippen molar-refractivity contribution >= 4 is 39.7 Å². The van der Waals surface area contributed by atoms with Gasteiger partial charge in [-0.25, -0.2) is 4.98 Å². The van der Waals surface area contributed by atoms with E-state index in [9.17, 15) is 0 Å². The van der Waals surface area contributed by atoms with Gasteiger partial charge in [0.2, 0.25) is 4.96 Å². The first-order chi connectivity index (χ1) is 13.5. The summed E-state index contributed by atoms with van der Waals surface area (Å²) < 4.78 is 3.91. The number of halogens is 1. The van der Waals surface area contributed by atoms with Crippen molar-refractivity contribution in [1.82, 2.24) is 29.4 Å². The monoisotopic (exact) mass is 424 g/mol. The van der Waals surface area contributed by atoms with Crippen LogP contribution in [0.25, 0.3) is 26.6 Å². The van der Waals surface area contributed by atoms with Crippen LogP contribution in [0, 0.1) is 0 Å². The van der Waals surface area contributed by atoms with Crippen molar-refractivity contribution in [3.8, 4) is 10.6 Å². The highest BCUT2D eigenvalue weighted by molar-refractivity contribution is 7.19. The van der Waals surface area contributed by atoms with Crippen LogP contribution in [0.1, 0.15) is 32.2 Å². The van der Waals surface area contributed by atoms with Gasteiger partial charge in [-0.05, 0) is 23.1 Å². The molecule has 0 unspecified atom stereocenters. The first-order valence-electron chi connectivity index (χ1n) is 9.21. The summed E-state index contributed by atoms with van der Waals surface area (Å²) in [4.78, 5) is 5.25. The molecule has 3 aromatic heterocycles. The number of hydrogen-bond donors (Lipinski definition) is 0. The van der Waals surface area contributed by atoms with Gasteiger partial charge in [0.15, 0.2) is 5.82 Å². The van der Waals surface area contributed by atoms with Crippen LogP contribution in [0.5, 0.6) is 0 Å². The molecule has 0 aliphatic heterocycles. The van der Waals surface area contributed by atoms with Gasteiger partial charge in [-0.2, -0.15) is 9.61 Å². The minimum atomic E-state index is 0. The molecule has 0 saturated heterocycles. The summed E-state index contributed by atoms with van der Waals surface area (Å²) in [5.74, 6) is 0.798. The second-order valence-corrected chi connectivity index (χ2v) is 8.86. The largest absolute Gasteiger partial charge is 0.323 e. The minimum Gasteiger partial charge on any atom is -0.323 e. The van der Waals surface area contributed by atoms with E-state index in [1.165, 1.54) is 5.56 Å². The van der Waals surface area contributed by atoms with Crippen molar-refractivity contribution in [1.29, 1.82) is 0 Å². The van der Waals surface area contributed by atoms with E-state index in [1.807, 2.05) is 29.0 Å². The van der Waals surface area contributed by atoms with Crippen molar-refractivity contribution in [3.05, 3.63) is 66.2 Å². The summed E-state index contributed by atoms with van der Waals surface area (Å²) in [6, 6.07) is 16.7. The second kappa shape index (κ2) is 7.24. The number of nitrogens with zero attached hydrogens (tertiary/aromatic N) is 6. The zero-order chi connectivity index (χ0) is 19.3. The maximum atomic E-state index is 4.77. The molecule has 0 N–H and O–H groups in total. The SMILES string of the molecule is CC(C)(C)c1ccc(-c2nn3c(Cn4cnc5ccccc54)nnc3s2)cc1.Cl. The van der Waals surface area contributed by atoms with Crippen LogP contribution < -0.4 is 0 Å². The number of benzene rings is 2. The quantitative estimate of drug-likeness (QED) is 0.410. The van der Waals surface area contributed by atoms with Crippen LogP contribution in [0.3, 0.4) is 0 Å². The van der Waals surface area contributed by atoms with E-state index < -0.39 is 0 Å². The summed E-state index contributed by atoms with van der Waals surface area (Å²) in [7, 11) is 0. The fourth-order valence-corrected chi connectivity index (χ4v) is 4.14. The van der Waals surface area contributed by atoms with E-state index in [4.69, 9.17) is 5.10 Å². The Kier molecular flexibility index (Phi) is 4.88. The number of rotatable bonds is 3. The molecule has 0 spiro atoms. The highest BCUT2D eigenvalue weighted by Crippen LogP contribution is 2.29.